The Labute approximate surface area is 310 Å². The molecule has 0 aliphatic rings. The number of aliphatic hydroxyl groups is 2. The zero-order chi connectivity index (χ0) is 37.5. The lowest BCUT2D eigenvalue weighted by atomic mass is 10.1. The molecule has 0 aromatic carbocycles. The molecule has 0 heterocycles. The summed E-state index contributed by atoms with van der Waals surface area (Å²) >= 11 is 0. The first-order valence-corrected chi connectivity index (χ1v) is 21.3. The van der Waals surface area contributed by atoms with Crippen molar-refractivity contribution < 1.29 is 43.0 Å². The smallest absolute Gasteiger partial charge is 0.457 e. The molecule has 0 fully saturated rings. The average Bonchev–Trinajstić information content (AvgIpc) is 3.12. The number of hydrogen-bond acceptors (Lipinski definition) is 8. The van der Waals surface area contributed by atoms with Gasteiger partial charge in [-0.05, 0) is 70.6 Å². The molecule has 0 aliphatic carbocycles. The highest BCUT2D eigenvalue weighted by atomic mass is 31.2. The highest BCUT2D eigenvalue weighted by molar-refractivity contribution is 7.47. The number of carbonyl (C=O) groups is 1. The lowest BCUT2D eigenvalue weighted by Crippen LogP contribution is -2.29. The van der Waals surface area contributed by atoms with Crippen LogP contribution in [0.3, 0.4) is 0 Å². The van der Waals surface area contributed by atoms with Crippen LogP contribution in [-0.2, 0) is 27.9 Å². The van der Waals surface area contributed by atoms with E-state index in [2.05, 4.69) is 74.6 Å². The Hall–Kier alpha value is -1.84. The third-order valence-electron chi connectivity index (χ3n) is 7.92. The fraction of sp³-hybridized carbons (Fsp3) is 0.732. The van der Waals surface area contributed by atoms with Crippen LogP contribution < -0.4 is 0 Å². The molecule has 0 aromatic rings. The lowest BCUT2D eigenvalue weighted by molar-refractivity contribution is -0.154. The van der Waals surface area contributed by atoms with Crippen LogP contribution in [0.5, 0.6) is 0 Å². The van der Waals surface area contributed by atoms with Crippen molar-refractivity contribution in [3.05, 3.63) is 60.8 Å². The topological polar surface area (TPSA) is 132 Å². The number of rotatable bonds is 37. The Kier molecular flexibility index (Phi) is 36.5. The predicted molar refractivity (Wildman–Crippen MR) is 210 cm³/mol. The molecular weight excluding hydrogens is 667 g/mol. The van der Waals surface area contributed by atoms with E-state index in [4.69, 9.17) is 23.6 Å². The lowest BCUT2D eigenvalue weighted by Gasteiger charge is -2.20. The van der Waals surface area contributed by atoms with Crippen molar-refractivity contribution in [2.24, 2.45) is 0 Å². The molecule has 9 nitrogen and oxygen atoms in total. The summed E-state index contributed by atoms with van der Waals surface area (Å²) < 4.78 is 33.2. The van der Waals surface area contributed by atoms with E-state index in [9.17, 15) is 19.4 Å². The zero-order valence-electron chi connectivity index (χ0n) is 32.1. The van der Waals surface area contributed by atoms with Crippen LogP contribution in [0.15, 0.2) is 60.8 Å². The van der Waals surface area contributed by atoms with Gasteiger partial charge in [-0.3, -0.25) is 13.8 Å². The summed E-state index contributed by atoms with van der Waals surface area (Å²) in [4.78, 5) is 22.5. The minimum atomic E-state index is -4.52. The minimum Gasteiger partial charge on any atom is -0.457 e. The molecule has 3 atom stereocenters. The Morgan fingerprint density at radius 2 is 1.12 bits per heavy atom. The monoisotopic (exact) mass is 740 g/mol. The predicted octanol–water partition coefficient (Wildman–Crippen LogP) is 10.4. The maximum Gasteiger partial charge on any atom is 0.472 e. The molecule has 0 aromatic heterocycles. The van der Waals surface area contributed by atoms with Gasteiger partial charge < -0.3 is 24.6 Å². The van der Waals surface area contributed by atoms with Crippen molar-refractivity contribution in [3.63, 3.8) is 0 Å². The molecule has 0 saturated carbocycles. The minimum absolute atomic E-state index is 0.0361. The van der Waals surface area contributed by atoms with Crippen molar-refractivity contribution in [1.82, 2.24) is 0 Å². The van der Waals surface area contributed by atoms with Gasteiger partial charge in [0.25, 0.3) is 0 Å². The van der Waals surface area contributed by atoms with Crippen molar-refractivity contribution in [2.75, 3.05) is 33.0 Å². The maximum atomic E-state index is 12.6. The van der Waals surface area contributed by atoms with Crippen LogP contribution in [-0.4, -0.2) is 66.3 Å². The Balaban J connectivity index is 4.23. The van der Waals surface area contributed by atoms with E-state index in [1.54, 1.807) is 0 Å². The Bertz CT molecular complexity index is 976. The number of carbonyl (C=O) groups excluding carboxylic acids is 1. The van der Waals surface area contributed by atoms with E-state index in [0.29, 0.717) is 13.0 Å². The molecule has 0 rings (SSSR count). The third-order valence-corrected chi connectivity index (χ3v) is 8.87. The summed E-state index contributed by atoms with van der Waals surface area (Å²) in [6.45, 7) is 3.29. The fourth-order valence-electron chi connectivity index (χ4n) is 4.94. The fourth-order valence-corrected chi connectivity index (χ4v) is 5.72. The van der Waals surface area contributed by atoms with Gasteiger partial charge in [0.2, 0.25) is 0 Å². The number of allylic oxidation sites excluding steroid dienone is 10. The highest BCUT2D eigenvalue weighted by Crippen LogP contribution is 2.43. The summed E-state index contributed by atoms with van der Waals surface area (Å²) in [6.07, 6.45) is 41.8. The van der Waals surface area contributed by atoms with E-state index in [-0.39, 0.29) is 19.6 Å². The second kappa shape index (κ2) is 37.9. The van der Waals surface area contributed by atoms with Gasteiger partial charge in [0.1, 0.15) is 12.2 Å². The molecule has 0 aliphatic heterocycles. The summed E-state index contributed by atoms with van der Waals surface area (Å²) in [5, 5.41) is 18.3. The average molecular weight is 741 g/mol. The first-order valence-electron chi connectivity index (χ1n) is 19.8. The molecule has 0 bridgehead atoms. The van der Waals surface area contributed by atoms with E-state index in [1.807, 2.05) is 0 Å². The molecule has 3 unspecified atom stereocenters. The zero-order valence-corrected chi connectivity index (χ0v) is 32.9. The Morgan fingerprint density at radius 3 is 1.71 bits per heavy atom. The summed E-state index contributed by atoms with van der Waals surface area (Å²) in [5.41, 5.74) is 0. The number of phosphoric acid groups is 1. The summed E-state index contributed by atoms with van der Waals surface area (Å²) in [7, 11) is -4.52. The van der Waals surface area contributed by atoms with Crippen LogP contribution >= 0.6 is 7.82 Å². The quantitative estimate of drug-likeness (QED) is 0.0246. The molecule has 0 spiro atoms. The highest BCUT2D eigenvalue weighted by Gasteiger charge is 2.26. The van der Waals surface area contributed by atoms with Crippen LogP contribution in [0.1, 0.15) is 149 Å². The van der Waals surface area contributed by atoms with Crippen LogP contribution in [0.25, 0.3) is 0 Å². The van der Waals surface area contributed by atoms with Crippen LogP contribution in [0, 0.1) is 0 Å². The standard InChI is InChI=1S/C41H73O9P/c1-3-5-7-9-11-13-15-16-17-18-19-20-21-22-23-25-27-29-31-33-41(44)50-40(38-49-51(45,46)48-36-39(43)35-42)37-47-34-32-30-28-26-24-14-12-10-8-6-4-2/h5,7-8,10-11,13,16-17,19-20,39-40,42-43H,3-4,6,9,12,14-15,18,21-38H2,1-2H3,(H,45,46)/b7-5-,10-8-,13-11-,17-16-,20-19-. The van der Waals surface area contributed by atoms with Gasteiger partial charge in [-0.25, -0.2) is 4.57 Å². The number of esters is 1. The third kappa shape index (κ3) is 37.7. The molecule has 0 amide bonds. The SMILES string of the molecule is CC/C=C\C/C=C\C/C=C\C/C=C\CCCCCCCCC(=O)OC(COCCCCCCCC/C=C\CCC)COP(=O)(O)OCC(O)CO. The van der Waals surface area contributed by atoms with Gasteiger partial charge in [0.15, 0.2) is 0 Å². The first-order chi connectivity index (χ1) is 24.8. The van der Waals surface area contributed by atoms with E-state index >= 15 is 0 Å². The normalized spacial score (nSPS) is 14.8. The van der Waals surface area contributed by atoms with Gasteiger partial charge in [-0.2, -0.15) is 0 Å². The molecular formula is C41H73O9P. The summed E-state index contributed by atoms with van der Waals surface area (Å²) in [6, 6.07) is 0. The second-order valence-corrected chi connectivity index (χ2v) is 14.4. The molecule has 0 saturated heterocycles. The largest absolute Gasteiger partial charge is 0.472 e. The van der Waals surface area contributed by atoms with E-state index in [0.717, 1.165) is 96.3 Å². The summed E-state index contributed by atoms with van der Waals surface area (Å²) in [5.74, 6) is -0.402. The number of hydrogen-bond donors (Lipinski definition) is 3. The van der Waals surface area contributed by atoms with E-state index in [1.165, 1.54) is 25.7 Å². The number of unbranched alkanes of at least 4 members (excludes halogenated alkanes) is 13. The van der Waals surface area contributed by atoms with Crippen LogP contribution in [0.4, 0.5) is 0 Å². The van der Waals surface area contributed by atoms with Gasteiger partial charge in [-0.15, -0.1) is 0 Å². The van der Waals surface area contributed by atoms with Gasteiger partial charge in [-0.1, -0.05) is 132 Å². The van der Waals surface area contributed by atoms with Crippen molar-refractivity contribution in [2.45, 2.75) is 161 Å². The Morgan fingerprint density at radius 1 is 0.627 bits per heavy atom. The number of aliphatic hydroxyl groups excluding tert-OH is 2. The second-order valence-electron chi connectivity index (χ2n) is 12.9. The van der Waals surface area contributed by atoms with E-state index < -0.39 is 39.2 Å². The van der Waals surface area contributed by atoms with Crippen LogP contribution in [0.2, 0.25) is 0 Å². The molecule has 51 heavy (non-hydrogen) atoms. The molecule has 296 valence electrons. The van der Waals surface area contributed by atoms with Gasteiger partial charge in [0, 0.05) is 13.0 Å². The number of phosphoric ester groups is 1. The van der Waals surface area contributed by atoms with Crippen molar-refractivity contribution in [3.8, 4) is 0 Å². The van der Waals surface area contributed by atoms with Crippen molar-refractivity contribution in [1.29, 1.82) is 0 Å². The maximum absolute atomic E-state index is 12.6. The number of ether oxygens (including phenoxy) is 2. The molecule has 0 radical (unpaired) electrons. The van der Waals surface area contributed by atoms with Gasteiger partial charge >= 0.3 is 13.8 Å². The van der Waals surface area contributed by atoms with Gasteiger partial charge in [0.05, 0.1) is 26.4 Å². The molecule has 3 N–H and O–H groups in total. The van der Waals surface area contributed by atoms with Crippen molar-refractivity contribution >= 4 is 13.8 Å². The first kappa shape index (κ1) is 49.2. The molecule has 10 heteroatoms.